The molecule has 0 unspecified atom stereocenters. The van der Waals surface area contributed by atoms with Gasteiger partial charge in [-0.1, -0.05) is 13.8 Å². The molecule has 0 fully saturated rings. The van der Waals surface area contributed by atoms with E-state index in [0.717, 1.165) is 28.9 Å². The van der Waals surface area contributed by atoms with E-state index in [1.807, 2.05) is 29.8 Å². The van der Waals surface area contributed by atoms with Crippen LogP contribution in [0.3, 0.4) is 0 Å². The third-order valence-electron chi connectivity index (χ3n) is 4.86. The Kier molecular flexibility index (Phi) is 5.36. The van der Waals surface area contributed by atoms with Gasteiger partial charge in [0, 0.05) is 36.5 Å². The van der Waals surface area contributed by atoms with E-state index in [-0.39, 0.29) is 5.56 Å². The average Bonchev–Trinajstić information content (AvgIpc) is 3.02. The molecule has 0 aliphatic rings. The maximum Gasteiger partial charge on any atom is 0.275 e. The van der Waals surface area contributed by atoms with Gasteiger partial charge in [0.25, 0.3) is 5.56 Å². The predicted molar refractivity (Wildman–Crippen MR) is 109 cm³/mol. The first kappa shape index (κ1) is 19.8. The van der Waals surface area contributed by atoms with E-state index in [1.165, 1.54) is 4.68 Å². The number of hydrogen-bond acceptors (Lipinski definition) is 5. The van der Waals surface area contributed by atoms with Crippen molar-refractivity contribution in [1.82, 2.24) is 14.3 Å². The number of nitrogens with zero attached hydrogens (tertiary/aromatic N) is 3. The van der Waals surface area contributed by atoms with Gasteiger partial charge in [-0.05, 0) is 19.3 Å². The van der Waals surface area contributed by atoms with Gasteiger partial charge in [0.05, 0.1) is 38.1 Å². The molecule has 7 heteroatoms. The first-order valence-corrected chi connectivity index (χ1v) is 9.20. The molecule has 0 saturated carbocycles. The van der Waals surface area contributed by atoms with Crippen molar-refractivity contribution in [2.45, 2.75) is 27.2 Å². The van der Waals surface area contributed by atoms with Crippen molar-refractivity contribution in [3.8, 4) is 22.9 Å². The SMILES string of the molecule is COc1cc(-n2cc3c(=O)n(C)nc(CC(C)C)c3c2C)cc(OC)c1OC. The summed E-state index contributed by atoms with van der Waals surface area (Å²) in [5.41, 5.74) is 2.58. The summed E-state index contributed by atoms with van der Waals surface area (Å²) < 4.78 is 19.8. The van der Waals surface area contributed by atoms with Crippen molar-refractivity contribution in [1.29, 1.82) is 0 Å². The molecule has 1 aromatic carbocycles. The highest BCUT2D eigenvalue weighted by atomic mass is 16.5. The van der Waals surface area contributed by atoms with E-state index in [2.05, 4.69) is 18.9 Å². The monoisotopic (exact) mass is 385 g/mol. The Bertz CT molecular complexity index is 1050. The molecule has 3 rings (SSSR count). The zero-order valence-corrected chi connectivity index (χ0v) is 17.5. The smallest absolute Gasteiger partial charge is 0.275 e. The summed E-state index contributed by atoms with van der Waals surface area (Å²) in [4.78, 5) is 12.7. The summed E-state index contributed by atoms with van der Waals surface area (Å²) in [5, 5.41) is 6.09. The van der Waals surface area contributed by atoms with Crippen molar-refractivity contribution in [2.24, 2.45) is 13.0 Å². The highest BCUT2D eigenvalue weighted by molar-refractivity contribution is 5.87. The molecule has 2 heterocycles. The van der Waals surface area contributed by atoms with Crippen LogP contribution in [0.1, 0.15) is 25.2 Å². The van der Waals surface area contributed by atoms with E-state index in [9.17, 15) is 4.79 Å². The van der Waals surface area contributed by atoms with E-state index in [1.54, 1.807) is 28.4 Å². The number of benzene rings is 1. The zero-order valence-electron chi connectivity index (χ0n) is 17.5. The van der Waals surface area contributed by atoms with E-state index in [4.69, 9.17) is 14.2 Å². The van der Waals surface area contributed by atoms with Crippen LogP contribution >= 0.6 is 0 Å². The Morgan fingerprint density at radius 2 is 1.68 bits per heavy atom. The molecule has 0 spiro atoms. The standard InChI is InChI=1S/C21H27N3O4/c1-12(2)8-16-19-13(3)24(11-15(19)21(25)23(4)22-16)14-9-17(26-5)20(28-7)18(10-14)27-6/h9-12H,8H2,1-7H3. The molecule has 150 valence electrons. The number of rotatable bonds is 6. The first-order chi connectivity index (χ1) is 13.3. The molecular weight excluding hydrogens is 358 g/mol. The maximum absolute atomic E-state index is 12.7. The molecule has 3 aromatic rings. The number of aryl methyl sites for hydroxylation is 2. The van der Waals surface area contributed by atoms with E-state index in [0.29, 0.717) is 28.6 Å². The molecule has 0 amide bonds. The van der Waals surface area contributed by atoms with Gasteiger partial charge >= 0.3 is 0 Å². The maximum atomic E-state index is 12.7. The predicted octanol–water partition coefficient (Wildman–Crippen LogP) is 3.26. The fourth-order valence-electron chi connectivity index (χ4n) is 3.59. The summed E-state index contributed by atoms with van der Waals surface area (Å²) in [6.07, 6.45) is 2.66. The van der Waals surface area contributed by atoms with Gasteiger partial charge in [0.15, 0.2) is 11.5 Å². The second-order valence-electron chi connectivity index (χ2n) is 7.23. The third kappa shape index (κ3) is 3.21. The Hall–Kier alpha value is -2.96. The van der Waals surface area contributed by atoms with Gasteiger partial charge in [-0.25, -0.2) is 4.68 Å². The van der Waals surface area contributed by atoms with Gasteiger partial charge < -0.3 is 18.8 Å². The van der Waals surface area contributed by atoms with Crippen LogP contribution in [0, 0.1) is 12.8 Å². The first-order valence-electron chi connectivity index (χ1n) is 9.20. The third-order valence-corrected chi connectivity index (χ3v) is 4.86. The van der Waals surface area contributed by atoms with Crippen molar-refractivity contribution in [3.05, 3.63) is 40.1 Å². The fraction of sp³-hybridized carbons (Fsp3) is 0.429. The summed E-state index contributed by atoms with van der Waals surface area (Å²) in [6.45, 7) is 6.28. The molecular formula is C21H27N3O4. The van der Waals surface area contributed by atoms with Crippen molar-refractivity contribution >= 4 is 10.8 Å². The minimum atomic E-state index is -0.114. The quantitative estimate of drug-likeness (QED) is 0.652. The van der Waals surface area contributed by atoms with Gasteiger partial charge in [-0.2, -0.15) is 5.10 Å². The van der Waals surface area contributed by atoms with Gasteiger partial charge in [0.2, 0.25) is 5.75 Å². The molecule has 0 aliphatic carbocycles. The van der Waals surface area contributed by atoms with Crippen molar-refractivity contribution < 1.29 is 14.2 Å². The second-order valence-corrected chi connectivity index (χ2v) is 7.23. The average molecular weight is 385 g/mol. The van der Waals surface area contributed by atoms with Crippen LogP contribution in [-0.4, -0.2) is 35.7 Å². The van der Waals surface area contributed by atoms with Gasteiger partial charge in [-0.15, -0.1) is 0 Å². The number of aromatic nitrogens is 3. The lowest BCUT2D eigenvalue weighted by molar-refractivity contribution is 0.324. The molecule has 0 N–H and O–H groups in total. The van der Waals surface area contributed by atoms with Crippen LogP contribution in [0.2, 0.25) is 0 Å². The number of ether oxygens (including phenoxy) is 3. The lowest BCUT2D eigenvalue weighted by Crippen LogP contribution is -2.21. The van der Waals surface area contributed by atoms with E-state index < -0.39 is 0 Å². The van der Waals surface area contributed by atoms with Crippen LogP contribution in [-0.2, 0) is 13.5 Å². The minimum Gasteiger partial charge on any atom is -0.493 e. The summed E-state index contributed by atoms with van der Waals surface area (Å²) >= 11 is 0. The normalized spacial score (nSPS) is 11.3. The number of methoxy groups -OCH3 is 3. The van der Waals surface area contributed by atoms with Crippen LogP contribution in [0.5, 0.6) is 17.2 Å². The van der Waals surface area contributed by atoms with Crippen molar-refractivity contribution in [2.75, 3.05) is 21.3 Å². The Morgan fingerprint density at radius 1 is 1.07 bits per heavy atom. The molecule has 28 heavy (non-hydrogen) atoms. The van der Waals surface area contributed by atoms with Gasteiger partial charge in [-0.3, -0.25) is 4.79 Å². The molecule has 0 aliphatic heterocycles. The van der Waals surface area contributed by atoms with Crippen LogP contribution in [0.15, 0.2) is 23.1 Å². The minimum absolute atomic E-state index is 0.114. The summed E-state index contributed by atoms with van der Waals surface area (Å²) in [6, 6.07) is 3.74. The number of hydrogen-bond donors (Lipinski definition) is 0. The fourth-order valence-corrected chi connectivity index (χ4v) is 3.59. The second kappa shape index (κ2) is 7.58. The van der Waals surface area contributed by atoms with Crippen LogP contribution in [0.4, 0.5) is 0 Å². The Balaban J connectivity index is 2.32. The molecule has 7 nitrogen and oxygen atoms in total. The molecule has 0 saturated heterocycles. The highest BCUT2D eigenvalue weighted by Crippen LogP contribution is 2.40. The van der Waals surface area contributed by atoms with Gasteiger partial charge in [0.1, 0.15) is 0 Å². The largest absolute Gasteiger partial charge is 0.493 e. The number of fused-ring (bicyclic) bond motifs is 1. The molecule has 0 atom stereocenters. The van der Waals surface area contributed by atoms with E-state index >= 15 is 0 Å². The topological polar surface area (TPSA) is 67.5 Å². The van der Waals surface area contributed by atoms with Crippen molar-refractivity contribution in [3.63, 3.8) is 0 Å². The lowest BCUT2D eigenvalue weighted by atomic mass is 10.0. The molecule has 0 radical (unpaired) electrons. The molecule has 0 bridgehead atoms. The molecule has 2 aromatic heterocycles. The van der Waals surface area contributed by atoms with Crippen LogP contribution < -0.4 is 19.8 Å². The summed E-state index contributed by atoms with van der Waals surface area (Å²) in [5.74, 6) is 2.07. The highest BCUT2D eigenvalue weighted by Gasteiger charge is 2.20. The lowest BCUT2D eigenvalue weighted by Gasteiger charge is -2.15. The van der Waals surface area contributed by atoms with Crippen LogP contribution in [0.25, 0.3) is 16.5 Å². The zero-order chi connectivity index (χ0) is 20.6. The summed E-state index contributed by atoms with van der Waals surface area (Å²) in [7, 11) is 6.43. The Labute approximate surface area is 164 Å². The Morgan fingerprint density at radius 3 is 2.18 bits per heavy atom.